The summed E-state index contributed by atoms with van der Waals surface area (Å²) in [5.41, 5.74) is 1.29. The second kappa shape index (κ2) is 5.75. The molecule has 0 spiro atoms. The summed E-state index contributed by atoms with van der Waals surface area (Å²) in [6, 6.07) is 13.1. The van der Waals surface area contributed by atoms with Crippen molar-refractivity contribution in [2.24, 2.45) is 0 Å². The van der Waals surface area contributed by atoms with Crippen molar-refractivity contribution in [3.8, 4) is 6.07 Å². The molecule has 0 fully saturated rings. The van der Waals surface area contributed by atoms with Gasteiger partial charge < -0.3 is 5.32 Å². The van der Waals surface area contributed by atoms with E-state index in [1.165, 1.54) is 6.07 Å². The fourth-order valence-electron chi connectivity index (χ4n) is 1.49. The maximum absolute atomic E-state index is 12.0. The molecule has 0 aliphatic heterocycles. The molecule has 1 amide bonds. The van der Waals surface area contributed by atoms with Crippen LogP contribution in [0.3, 0.4) is 0 Å². The summed E-state index contributed by atoms with van der Waals surface area (Å²) in [4.78, 5) is 12.0. The first-order chi connectivity index (χ1) is 9.10. The van der Waals surface area contributed by atoms with Gasteiger partial charge in [-0.3, -0.25) is 4.79 Å². The van der Waals surface area contributed by atoms with Gasteiger partial charge in [0.25, 0.3) is 5.91 Å². The minimum atomic E-state index is -0.311. The van der Waals surface area contributed by atoms with Crippen LogP contribution in [0.15, 0.2) is 42.5 Å². The van der Waals surface area contributed by atoms with Crippen molar-refractivity contribution in [1.29, 1.82) is 5.26 Å². The Morgan fingerprint density at radius 2 is 1.79 bits per heavy atom. The lowest BCUT2D eigenvalue weighted by Gasteiger charge is -2.07. The molecule has 19 heavy (non-hydrogen) atoms. The van der Waals surface area contributed by atoms with Gasteiger partial charge in [0.1, 0.15) is 0 Å². The normalized spacial score (nSPS) is 9.74. The lowest BCUT2D eigenvalue weighted by Crippen LogP contribution is -2.12. The Labute approximate surface area is 120 Å². The highest BCUT2D eigenvalue weighted by Gasteiger charge is 2.09. The lowest BCUT2D eigenvalue weighted by molar-refractivity contribution is 0.102. The average molecular weight is 291 g/mol. The Morgan fingerprint density at radius 1 is 1.11 bits per heavy atom. The molecule has 1 N–H and O–H groups in total. The van der Waals surface area contributed by atoms with Crippen molar-refractivity contribution < 1.29 is 4.79 Å². The Bertz CT molecular complexity index is 660. The fraction of sp³-hybridized carbons (Fsp3) is 0. The number of nitrogens with one attached hydrogen (secondary N) is 1. The molecule has 3 nitrogen and oxygen atoms in total. The topological polar surface area (TPSA) is 52.9 Å². The molecule has 0 aliphatic carbocycles. The molecule has 0 aliphatic rings. The van der Waals surface area contributed by atoms with E-state index in [2.05, 4.69) is 5.32 Å². The molecule has 2 aromatic carbocycles. The van der Waals surface area contributed by atoms with Gasteiger partial charge in [0, 0.05) is 10.6 Å². The van der Waals surface area contributed by atoms with Crippen molar-refractivity contribution in [2.75, 3.05) is 5.32 Å². The number of rotatable bonds is 2. The predicted octanol–water partition coefficient (Wildman–Crippen LogP) is 4.12. The Balaban J connectivity index is 2.24. The number of nitrogens with zero attached hydrogens (tertiary/aromatic N) is 1. The summed E-state index contributed by atoms with van der Waals surface area (Å²) in [6.45, 7) is 0. The smallest absolute Gasteiger partial charge is 0.255 e. The largest absolute Gasteiger partial charge is 0.321 e. The molecule has 94 valence electrons. The number of halogens is 2. The first-order valence-corrected chi connectivity index (χ1v) is 6.12. The molecule has 0 atom stereocenters. The molecule has 0 heterocycles. The minimum Gasteiger partial charge on any atom is -0.321 e. The van der Waals surface area contributed by atoms with Crippen LogP contribution in [-0.4, -0.2) is 5.91 Å². The number of nitriles is 1. The summed E-state index contributed by atoms with van der Waals surface area (Å²) < 4.78 is 0. The van der Waals surface area contributed by atoms with Gasteiger partial charge in [-0.15, -0.1) is 0 Å². The van der Waals surface area contributed by atoms with Crippen LogP contribution in [0.1, 0.15) is 15.9 Å². The van der Waals surface area contributed by atoms with Crippen molar-refractivity contribution in [3.05, 3.63) is 63.6 Å². The zero-order valence-electron chi connectivity index (χ0n) is 9.65. The van der Waals surface area contributed by atoms with Gasteiger partial charge in [-0.2, -0.15) is 5.26 Å². The third-order valence-electron chi connectivity index (χ3n) is 2.45. The molecule has 0 bridgehead atoms. The van der Waals surface area contributed by atoms with Crippen LogP contribution in [0.4, 0.5) is 5.69 Å². The third-order valence-corrected chi connectivity index (χ3v) is 3.03. The number of carbonyl (C=O) groups excluding carboxylic acids is 1. The Hall–Kier alpha value is -2.02. The van der Waals surface area contributed by atoms with E-state index in [1.54, 1.807) is 36.4 Å². The molecule has 0 saturated carbocycles. The summed E-state index contributed by atoms with van der Waals surface area (Å²) in [7, 11) is 0. The van der Waals surface area contributed by atoms with E-state index in [4.69, 9.17) is 28.5 Å². The van der Waals surface area contributed by atoms with Crippen LogP contribution in [-0.2, 0) is 0 Å². The van der Waals surface area contributed by atoms with Crippen LogP contribution in [0.5, 0.6) is 0 Å². The number of amides is 1. The number of hydrogen-bond acceptors (Lipinski definition) is 2. The Kier molecular flexibility index (Phi) is 4.06. The van der Waals surface area contributed by atoms with E-state index in [1.807, 2.05) is 6.07 Å². The predicted molar refractivity (Wildman–Crippen MR) is 75.6 cm³/mol. The highest BCUT2D eigenvalue weighted by Crippen LogP contribution is 2.23. The average Bonchev–Trinajstić information content (AvgIpc) is 2.42. The lowest BCUT2D eigenvalue weighted by atomic mass is 10.2. The quantitative estimate of drug-likeness (QED) is 0.905. The Morgan fingerprint density at radius 3 is 2.42 bits per heavy atom. The summed E-state index contributed by atoms with van der Waals surface area (Å²) in [5.74, 6) is -0.311. The highest BCUT2D eigenvalue weighted by atomic mass is 35.5. The van der Waals surface area contributed by atoms with E-state index in [9.17, 15) is 4.79 Å². The van der Waals surface area contributed by atoms with Crippen LogP contribution in [0, 0.1) is 11.3 Å². The highest BCUT2D eigenvalue weighted by molar-refractivity contribution is 6.34. The summed E-state index contributed by atoms with van der Waals surface area (Å²) in [6.07, 6.45) is 0. The molecule has 2 aromatic rings. The summed E-state index contributed by atoms with van der Waals surface area (Å²) in [5, 5.41) is 12.4. The fourth-order valence-corrected chi connectivity index (χ4v) is 1.78. The minimum absolute atomic E-state index is 0.311. The maximum Gasteiger partial charge on any atom is 0.255 e. The SMILES string of the molecule is N#Cc1ccc(Cl)c(NC(=O)c2ccc(Cl)cc2)c1. The number of anilines is 1. The first-order valence-electron chi connectivity index (χ1n) is 5.37. The third kappa shape index (κ3) is 3.25. The van der Waals surface area contributed by atoms with Gasteiger partial charge in [0.2, 0.25) is 0 Å². The molecule has 0 unspecified atom stereocenters. The maximum atomic E-state index is 12.0. The van der Waals surface area contributed by atoms with Gasteiger partial charge >= 0.3 is 0 Å². The van der Waals surface area contributed by atoms with Crippen molar-refractivity contribution in [1.82, 2.24) is 0 Å². The monoisotopic (exact) mass is 290 g/mol. The van der Waals surface area contributed by atoms with E-state index >= 15 is 0 Å². The second-order valence-electron chi connectivity index (χ2n) is 3.77. The van der Waals surface area contributed by atoms with Crippen molar-refractivity contribution >= 4 is 34.8 Å². The molecular weight excluding hydrogens is 283 g/mol. The standard InChI is InChI=1S/C14H8Cl2N2O/c15-11-4-2-10(3-5-11)14(19)18-13-7-9(8-17)1-6-12(13)16/h1-7H,(H,18,19). The van der Waals surface area contributed by atoms with Crippen molar-refractivity contribution in [2.45, 2.75) is 0 Å². The van der Waals surface area contributed by atoms with Gasteiger partial charge in [-0.1, -0.05) is 23.2 Å². The molecule has 5 heteroatoms. The van der Waals surface area contributed by atoms with Crippen LogP contribution in [0.25, 0.3) is 0 Å². The van der Waals surface area contributed by atoms with E-state index in [0.29, 0.717) is 26.9 Å². The molecule has 2 rings (SSSR count). The zero-order chi connectivity index (χ0) is 13.8. The first kappa shape index (κ1) is 13.4. The van der Waals surface area contributed by atoms with E-state index < -0.39 is 0 Å². The number of carbonyl (C=O) groups is 1. The molecule has 0 aromatic heterocycles. The van der Waals surface area contributed by atoms with E-state index in [0.717, 1.165) is 0 Å². The molecule has 0 saturated heterocycles. The van der Waals surface area contributed by atoms with Crippen LogP contribution in [0.2, 0.25) is 10.0 Å². The molecule has 0 radical (unpaired) electrons. The number of hydrogen-bond donors (Lipinski definition) is 1. The van der Waals surface area contributed by atoms with Crippen LogP contribution < -0.4 is 5.32 Å². The summed E-state index contributed by atoms with van der Waals surface area (Å²) >= 11 is 11.7. The van der Waals surface area contributed by atoms with E-state index in [-0.39, 0.29) is 5.91 Å². The van der Waals surface area contributed by atoms with Gasteiger partial charge in [0.15, 0.2) is 0 Å². The van der Waals surface area contributed by atoms with Crippen molar-refractivity contribution in [3.63, 3.8) is 0 Å². The number of benzene rings is 2. The molecular formula is C14H8Cl2N2O. The van der Waals surface area contributed by atoms with Gasteiger partial charge in [-0.05, 0) is 42.5 Å². The second-order valence-corrected chi connectivity index (χ2v) is 4.61. The van der Waals surface area contributed by atoms with Gasteiger partial charge in [-0.25, -0.2) is 0 Å². The van der Waals surface area contributed by atoms with Crippen LogP contribution >= 0.6 is 23.2 Å². The van der Waals surface area contributed by atoms with Gasteiger partial charge in [0.05, 0.1) is 22.3 Å². The zero-order valence-corrected chi connectivity index (χ0v) is 11.2.